The minimum absolute atomic E-state index is 0.198. The number of esters is 1. The third kappa shape index (κ3) is 7.88. The number of aromatic nitrogens is 2. The fourth-order valence-corrected chi connectivity index (χ4v) is 3.71. The maximum absolute atomic E-state index is 12.4. The quantitative estimate of drug-likeness (QED) is 0.195. The first-order valence-corrected chi connectivity index (χ1v) is 12.0. The molecule has 1 N–H and O–H groups in total. The molecular weight excluding hydrogens is 543 g/mol. The topological polar surface area (TPSA) is 101 Å². The molecule has 1 amide bonds. The molecule has 0 unspecified atom stereocenters. The van der Waals surface area contributed by atoms with Gasteiger partial charge >= 0.3 is 12.3 Å². The standard InChI is InChI=1S/C29H24F3N3O6/c1-38-24-14-8-19(16-25(24)39-2)28-20(17-35(34-28)22-6-4-3-5-7-22)9-15-27(37)40-18-26(36)33-21-10-12-23(13-11-21)41-29(30,31)32/h3-17H,18H2,1-2H3,(H,33,36). The second-order valence-corrected chi connectivity index (χ2v) is 8.34. The third-order valence-electron chi connectivity index (χ3n) is 5.54. The zero-order chi connectivity index (χ0) is 29.4. The van der Waals surface area contributed by atoms with Crippen LogP contribution < -0.4 is 19.5 Å². The summed E-state index contributed by atoms with van der Waals surface area (Å²) >= 11 is 0. The number of amides is 1. The van der Waals surface area contributed by atoms with Crippen molar-refractivity contribution in [3.8, 4) is 34.2 Å². The molecule has 0 aliphatic rings. The molecule has 41 heavy (non-hydrogen) atoms. The van der Waals surface area contributed by atoms with Crippen molar-refractivity contribution in [1.29, 1.82) is 0 Å². The van der Waals surface area contributed by atoms with Gasteiger partial charge in [-0.25, -0.2) is 9.48 Å². The van der Waals surface area contributed by atoms with Gasteiger partial charge < -0.3 is 24.3 Å². The van der Waals surface area contributed by atoms with Crippen LogP contribution in [0.15, 0.2) is 85.1 Å². The number of carbonyl (C=O) groups is 2. The smallest absolute Gasteiger partial charge is 0.493 e. The lowest BCUT2D eigenvalue weighted by molar-refractivity contribution is -0.274. The number of nitrogens with one attached hydrogen (secondary N) is 1. The van der Waals surface area contributed by atoms with Gasteiger partial charge in [0.05, 0.1) is 19.9 Å². The molecular formula is C29H24F3N3O6. The van der Waals surface area contributed by atoms with E-state index in [1.807, 2.05) is 30.3 Å². The molecule has 0 spiro atoms. The van der Waals surface area contributed by atoms with Gasteiger partial charge in [-0.05, 0) is 60.7 Å². The first-order chi connectivity index (χ1) is 19.6. The molecule has 0 saturated heterocycles. The summed E-state index contributed by atoms with van der Waals surface area (Å²) in [4.78, 5) is 24.5. The van der Waals surface area contributed by atoms with Gasteiger partial charge in [-0.2, -0.15) is 5.10 Å². The Morgan fingerprint density at radius 2 is 1.66 bits per heavy atom. The minimum Gasteiger partial charge on any atom is -0.493 e. The van der Waals surface area contributed by atoms with Crippen LogP contribution in [0.2, 0.25) is 0 Å². The molecule has 0 radical (unpaired) electrons. The largest absolute Gasteiger partial charge is 0.573 e. The second-order valence-electron chi connectivity index (χ2n) is 8.34. The van der Waals surface area contributed by atoms with Crippen LogP contribution in [0, 0.1) is 0 Å². The molecule has 1 heterocycles. The average Bonchev–Trinajstić information content (AvgIpc) is 3.39. The normalized spacial score (nSPS) is 11.2. The van der Waals surface area contributed by atoms with E-state index in [0.29, 0.717) is 28.3 Å². The summed E-state index contributed by atoms with van der Waals surface area (Å²) < 4.78 is 58.0. The van der Waals surface area contributed by atoms with Crippen LogP contribution in [0.1, 0.15) is 5.56 Å². The summed E-state index contributed by atoms with van der Waals surface area (Å²) in [6.45, 7) is -0.615. The number of para-hydroxylation sites is 1. The van der Waals surface area contributed by atoms with Crippen LogP contribution in [0.5, 0.6) is 17.2 Å². The van der Waals surface area contributed by atoms with Crippen molar-refractivity contribution in [1.82, 2.24) is 9.78 Å². The zero-order valence-corrected chi connectivity index (χ0v) is 21.8. The molecule has 1 aromatic heterocycles. The van der Waals surface area contributed by atoms with Crippen LogP contribution in [0.3, 0.4) is 0 Å². The highest BCUT2D eigenvalue weighted by Crippen LogP contribution is 2.34. The SMILES string of the molecule is COc1ccc(-c2nn(-c3ccccc3)cc2C=CC(=O)OCC(=O)Nc2ccc(OC(F)(F)F)cc2)cc1OC. The Bertz CT molecular complexity index is 1530. The van der Waals surface area contributed by atoms with E-state index in [0.717, 1.165) is 23.9 Å². The fraction of sp³-hybridized carbons (Fsp3) is 0.138. The number of rotatable bonds is 10. The van der Waals surface area contributed by atoms with Crippen molar-refractivity contribution in [2.75, 3.05) is 26.1 Å². The van der Waals surface area contributed by atoms with Gasteiger partial charge in [0, 0.05) is 29.1 Å². The van der Waals surface area contributed by atoms with Crippen LogP contribution in [0.25, 0.3) is 23.0 Å². The Morgan fingerprint density at radius 1 is 0.951 bits per heavy atom. The van der Waals surface area contributed by atoms with E-state index in [9.17, 15) is 22.8 Å². The molecule has 0 aliphatic heterocycles. The van der Waals surface area contributed by atoms with E-state index in [1.54, 1.807) is 29.1 Å². The van der Waals surface area contributed by atoms with Crippen molar-refractivity contribution in [3.63, 3.8) is 0 Å². The highest BCUT2D eigenvalue weighted by Gasteiger charge is 2.31. The Morgan fingerprint density at radius 3 is 2.32 bits per heavy atom. The monoisotopic (exact) mass is 567 g/mol. The number of halogens is 3. The van der Waals surface area contributed by atoms with Gasteiger partial charge in [0.2, 0.25) is 0 Å². The van der Waals surface area contributed by atoms with Crippen molar-refractivity contribution < 1.29 is 41.7 Å². The average molecular weight is 568 g/mol. The molecule has 12 heteroatoms. The van der Waals surface area contributed by atoms with Gasteiger partial charge in [-0.3, -0.25) is 4.79 Å². The van der Waals surface area contributed by atoms with Gasteiger partial charge in [0.1, 0.15) is 11.4 Å². The summed E-state index contributed by atoms with van der Waals surface area (Å²) in [5.74, 6) is -0.862. The van der Waals surface area contributed by atoms with E-state index < -0.39 is 30.6 Å². The Balaban J connectivity index is 1.45. The van der Waals surface area contributed by atoms with Crippen LogP contribution in [-0.2, 0) is 14.3 Å². The summed E-state index contributed by atoms with van der Waals surface area (Å²) in [6.07, 6.45) is -0.412. The first kappa shape index (κ1) is 28.7. The summed E-state index contributed by atoms with van der Waals surface area (Å²) in [5, 5.41) is 7.11. The Kier molecular flexibility index (Phi) is 8.92. The lowest BCUT2D eigenvalue weighted by atomic mass is 10.1. The van der Waals surface area contributed by atoms with Crippen LogP contribution in [-0.4, -0.2) is 48.8 Å². The van der Waals surface area contributed by atoms with Crippen LogP contribution >= 0.6 is 0 Å². The lowest BCUT2D eigenvalue weighted by Crippen LogP contribution is -2.20. The van der Waals surface area contributed by atoms with E-state index in [-0.39, 0.29) is 5.69 Å². The number of alkyl halides is 3. The minimum atomic E-state index is -4.82. The number of methoxy groups -OCH3 is 2. The molecule has 0 aliphatic carbocycles. The lowest BCUT2D eigenvalue weighted by Gasteiger charge is -2.10. The first-order valence-electron chi connectivity index (χ1n) is 12.0. The van der Waals surface area contributed by atoms with E-state index in [1.165, 1.54) is 32.4 Å². The van der Waals surface area contributed by atoms with Gasteiger partial charge in [-0.15, -0.1) is 13.2 Å². The van der Waals surface area contributed by atoms with E-state index in [2.05, 4.69) is 15.2 Å². The van der Waals surface area contributed by atoms with Crippen molar-refractivity contribution in [2.24, 2.45) is 0 Å². The molecule has 0 atom stereocenters. The number of ether oxygens (including phenoxy) is 4. The third-order valence-corrected chi connectivity index (χ3v) is 5.54. The molecule has 3 aromatic carbocycles. The molecule has 4 aromatic rings. The maximum atomic E-state index is 12.4. The Hall–Kier alpha value is -5.26. The number of benzene rings is 3. The Labute approximate surface area is 232 Å². The van der Waals surface area contributed by atoms with Gasteiger partial charge in [0.25, 0.3) is 5.91 Å². The number of hydrogen-bond acceptors (Lipinski definition) is 7. The fourth-order valence-electron chi connectivity index (χ4n) is 3.71. The second kappa shape index (κ2) is 12.7. The number of hydrogen-bond donors (Lipinski definition) is 1. The molecule has 212 valence electrons. The van der Waals surface area contributed by atoms with Crippen molar-refractivity contribution >= 4 is 23.6 Å². The van der Waals surface area contributed by atoms with Crippen LogP contribution in [0.4, 0.5) is 18.9 Å². The summed E-state index contributed by atoms with van der Waals surface area (Å²) in [6, 6.07) is 19.2. The van der Waals surface area contributed by atoms with E-state index in [4.69, 9.17) is 14.2 Å². The van der Waals surface area contributed by atoms with Gasteiger partial charge in [-0.1, -0.05) is 18.2 Å². The summed E-state index contributed by atoms with van der Waals surface area (Å²) in [5.41, 5.74) is 2.84. The number of carbonyl (C=O) groups excluding carboxylic acids is 2. The number of nitrogens with zero attached hydrogens (tertiary/aromatic N) is 2. The van der Waals surface area contributed by atoms with Crippen molar-refractivity contribution in [3.05, 3.63) is 90.6 Å². The predicted molar refractivity (Wildman–Crippen MR) is 144 cm³/mol. The zero-order valence-electron chi connectivity index (χ0n) is 21.8. The van der Waals surface area contributed by atoms with Gasteiger partial charge in [0.15, 0.2) is 18.1 Å². The molecule has 0 bridgehead atoms. The highest BCUT2D eigenvalue weighted by atomic mass is 19.4. The molecule has 0 saturated carbocycles. The maximum Gasteiger partial charge on any atom is 0.573 e. The molecule has 0 fully saturated rings. The highest BCUT2D eigenvalue weighted by molar-refractivity contribution is 5.95. The van der Waals surface area contributed by atoms with Crippen molar-refractivity contribution in [2.45, 2.75) is 6.36 Å². The number of anilines is 1. The molecule has 9 nitrogen and oxygen atoms in total. The van der Waals surface area contributed by atoms with E-state index >= 15 is 0 Å². The molecule has 4 rings (SSSR count). The summed E-state index contributed by atoms with van der Waals surface area (Å²) in [7, 11) is 3.06. The predicted octanol–water partition coefficient (Wildman–Crippen LogP) is 5.65.